The molecule has 0 unspecified atom stereocenters. The monoisotopic (exact) mass is 411 g/mol. The van der Waals surface area contributed by atoms with Crippen LogP contribution in [0.5, 0.6) is 5.75 Å². The van der Waals surface area contributed by atoms with Gasteiger partial charge < -0.3 is 14.8 Å². The zero-order valence-corrected chi connectivity index (χ0v) is 15.1. The van der Waals surface area contributed by atoms with E-state index in [4.69, 9.17) is 11.6 Å². The topological polar surface area (TPSA) is 79.4 Å². The maximum absolute atomic E-state index is 13.2. The molecular weight excluding hydrogens is 399 g/mol. The fraction of sp³-hybridized carbons (Fsp3) is 0.158. The van der Waals surface area contributed by atoms with Crippen LogP contribution >= 0.6 is 11.6 Å². The average molecular weight is 412 g/mol. The van der Waals surface area contributed by atoms with Crippen LogP contribution in [0.1, 0.15) is 11.1 Å². The quantitative estimate of drug-likeness (QED) is 0.630. The number of phenols is 1. The first kappa shape index (κ1) is 19.8. The zero-order chi connectivity index (χ0) is 20.6. The molecule has 0 radical (unpaired) electrons. The number of nitrogens with one attached hydrogen (secondary N) is 1. The van der Waals surface area contributed by atoms with Crippen LogP contribution in [-0.2, 0) is 22.1 Å². The minimum atomic E-state index is -4.62. The van der Waals surface area contributed by atoms with Crippen molar-refractivity contribution < 1.29 is 27.8 Å². The molecule has 0 spiro atoms. The van der Waals surface area contributed by atoms with E-state index in [1.165, 1.54) is 18.2 Å². The third-order valence-corrected chi connectivity index (χ3v) is 4.45. The predicted octanol–water partition coefficient (Wildman–Crippen LogP) is 4.29. The molecule has 2 aromatic carbocycles. The van der Waals surface area contributed by atoms with Gasteiger partial charge >= 0.3 is 12.1 Å². The molecule has 0 atom stereocenters. The number of phenolic OH excluding ortho intramolecular Hbond substituents is 1. The first-order valence-electron chi connectivity index (χ1n) is 7.93. The highest BCUT2D eigenvalue weighted by Gasteiger charge is 2.31. The third kappa shape index (κ3) is 3.68. The molecule has 0 saturated carbocycles. The Labute approximate surface area is 161 Å². The van der Waals surface area contributed by atoms with E-state index in [1.807, 2.05) is 0 Å². The lowest BCUT2D eigenvalue weighted by Gasteiger charge is -2.15. The van der Waals surface area contributed by atoms with Crippen molar-refractivity contribution in [2.24, 2.45) is 0 Å². The smallest absolute Gasteiger partial charge is 0.416 e. The van der Waals surface area contributed by atoms with Crippen LogP contribution in [-0.4, -0.2) is 23.2 Å². The Hall–Kier alpha value is -3.00. The van der Waals surface area contributed by atoms with Crippen molar-refractivity contribution in [2.75, 3.05) is 7.11 Å². The number of halogens is 4. The summed E-state index contributed by atoms with van der Waals surface area (Å²) in [6, 6.07) is 6.75. The standard InChI is InChI=1S/C19H13ClF3NO4/c1-28-16(26)8-13-17(12-7-10(20)3-5-15(12)25)11-6-9(19(21,22)23)2-4-14(11)24-18(13)27/h2-7,25H,8H2,1H3,(H,24,27). The van der Waals surface area contributed by atoms with Crippen LogP contribution in [0.4, 0.5) is 13.2 Å². The lowest BCUT2D eigenvalue weighted by atomic mass is 9.93. The Morgan fingerprint density at radius 2 is 1.93 bits per heavy atom. The van der Waals surface area contributed by atoms with Crippen molar-refractivity contribution in [3.63, 3.8) is 0 Å². The molecule has 0 bridgehead atoms. The fourth-order valence-corrected chi connectivity index (χ4v) is 3.08. The number of alkyl halides is 3. The van der Waals surface area contributed by atoms with Crippen LogP contribution in [0.15, 0.2) is 41.2 Å². The zero-order valence-electron chi connectivity index (χ0n) is 14.4. The molecule has 3 aromatic rings. The van der Waals surface area contributed by atoms with E-state index in [0.29, 0.717) is 0 Å². The lowest BCUT2D eigenvalue weighted by Crippen LogP contribution is -2.19. The molecule has 1 aromatic heterocycles. The number of pyridine rings is 1. The number of carbonyl (C=O) groups is 1. The summed E-state index contributed by atoms with van der Waals surface area (Å²) in [5, 5.41) is 10.5. The number of aromatic hydroxyl groups is 1. The number of benzene rings is 2. The lowest BCUT2D eigenvalue weighted by molar-refractivity contribution is -0.140. The summed E-state index contributed by atoms with van der Waals surface area (Å²) in [5.74, 6) is -1.07. The van der Waals surface area contributed by atoms with Crippen LogP contribution in [0.3, 0.4) is 0 Å². The minimum Gasteiger partial charge on any atom is -0.507 e. The van der Waals surface area contributed by atoms with Crippen molar-refractivity contribution in [1.82, 2.24) is 4.98 Å². The molecule has 1 heterocycles. The fourth-order valence-electron chi connectivity index (χ4n) is 2.91. The number of aromatic amines is 1. The van der Waals surface area contributed by atoms with Crippen LogP contribution < -0.4 is 5.56 Å². The summed E-state index contributed by atoms with van der Waals surface area (Å²) in [6.07, 6.45) is -5.13. The van der Waals surface area contributed by atoms with E-state index in [0.717, 1.165) is 25.3 Å². The number of rotatable bonds is 3. The number of hydrogen-bond donors (Lipinski definition) is 2. The molecule has 0 aliphatic carbocycles. The summed E-state index contributed by atoms with van der Waals surface area (Å²) in [5.41, 5.74) is -1.65. The number of methoxy groups -OCH3 is 1. The number of carbonyl (C=O) groups excluding carboxylic acids is 1. The number of H-pyrrole nitrogens is 1. The summed E-state index contributed by atoms with van der Waals surface area (Å²) >= 11 is 5.98. The summed E-state index contributed by atoms with van der Waals surface area (Å²) in [6.45, 7) is 0. The van der Waals surface area contributed by atoms with Gasteiger partial charge in [0.1, 0.15) is 5.75 Å². The normalized spacial score (nSPS) is 11.6. The van der Waals surface area contributed by atoms with E-state index in [9.17, 15) is 27.9 Å². The molecule has 0 aliphatic rings. The Kier molecular flexibility index (Phi) is 5.08. The molecule has 0 fully saturated rings. The number of fused-ring (bicyclic) bond motifs is 1. The molecule has 2 N–H and O–H groups in total. The number of aromatic nitrogens is 1. The van der Waals surface area contributed by atoms with Crippen LogP contribution in [0.2, 0.25) is 5.02 Å². The van der Waals surface area contributed by atoms with Crippen molar-refractivity contribution in [3.05, 3.63) is 62.9 Å². The van der Waals surface area contributed by atoms with E-state index in [2.05, 4.69) is 9.72 Å². The van der Waals surface area contributed by atoms with Gasteiger partial charge in [-0.2, -0.15) is 13.2 Å². The second-order valence-electron chi connectivity index (χ2n) is 5.98. The first-order valence-corrected chi connectivity index (χ1v) is 8.31. The van der Waals surface area contributed by atoms with Crippen LogP contribution in [0.25, 0.3) is 22.0 Å². The summed E-state index contributed by atoms with van der Waals surface area (Å²) in [7, 11) is 1.12. The Morgan fingerprint density at radius 3 is 2.57 bits per heavy atom. The molecular formula is C19H13ClF3NO4. The highest BCUT2D eigenvalue weighted by molar-refractivity contribution is 6.31. The molecule has 5 nitrogen and oxygen atoms in total. The molecule has 9 heteroatoms. The Bertz CT molecular complexity index is 1140. The van der Waals surface area contributed by atoms with E-state index < -0.39 is 29.7 Å². The van der Waals surface area contributed by atoms with Gasteiger partial charge in [-0.25, -0.2) is 0 Å². The third-order valence-electron chi connectivity index (χ3n) is 4.22. The summed E-state index contributed by atoms with van der Waals surface area (Å²) < 4.78 is 44.2. The second-order valence-corrected chi connectivity index (χ2v) is 6.42. The van der Waals surface area contributed by atoms with Gasteiger partial charge in [0.05, 0.1) is 19.1 Å². The van der Waals surface area contributed by atoms with Gasteiger partial charge in [0.25, 0.3) is 5.56 Å². The highest BCUT2D eigenvalue weighted by atomic mass is 35.5. The molecule has 0 amide bonds. The Balaban J connectivity index is 2.46. The van der Waals surface area contributed by atoms with E-state index in [-0.39, 0.29) is 38.4 Å². The van der Waals surface area contributed by atoms with Crippen LogP contribution in [0, 0.1) is 0 Å². The van der Waals surface area contributed by atoms with Gasteiger partial charge in [-0.1, -0.05) is 11.6 Å². The average Bonchev–Trinajstić information content (AvgIpc) is 2.63. The van der Waals surface area contributed by atoms with Crippen molar-refractivity contribution >= 4 is 28.5 Å². The maximum atomic E-state index is 13.2. The number of hydrogen-bond acceptors (Lipinski definition) is 4. The molecule has 3 rings (SSSR count). The molecule has 28 heavy (non-hydrogen) atoms. The van der Waals surface area contributed by atoms with Crippen molar-refractivity contribution in [1.29, 1.82) is 0 Å². The SMILES string of the molecule is COC(=O)Cc1c(-c2cc(Cl)ccc2O)c2cc(C(F)(F)F)ccc2[nH]c1=O. The van der Waals surface area contributed by atoms with Crippen molar-refractivity contribution in [3.8, 4) is 16.9 Å². The Morgan fingerprint density at radius 1 is 1.21 bits per heavy atom. The van der Waals surface area contributed by atoms with Gasteiger partial charge in [-0.05, 0) is 36.4 Å². The largest absolute Gasteiger partial charge is 0.507 e. The predicted molar refractivity (Wildman–Crippen MR) is 97.4 cm³/mol. The highest BCUT2D eigenvalue weighted by Crippen LogP contribution is 2.39. The van der Waals surface area contributed by atoms with Gasteiger partial charge in [0.2, 0.25) is 0 Å². The van der Waals surface area contributed by atoms with Gasteiger partial charge in [-0.3, -0.25) is 9.59 Å². The minimum absolute atomic E-state index is 0.00546. The van der Waals surface area contributed by atoms with E-state index in [1.54, 1.807) is 0 Å². The van der Waals surface area contributed by atoms with Gasteiger partial charge in [0.15, 0.2) is 0 Å². The molecule has 0 aliphatic heterocycles. The number of ether oxygens (including phenoxy) is 1. The van der Waals surface area contributed by atoms with Gasteiger partial charge in [0, 0.05) is 32.6 Å². The van der Waals surface area contributed by atoms with Gasteiger partial charge in [-0.15, -0.1) is 0 Å². The van der Waals surface area contributed by atoms with E-state index >= 15 is 0 Å². The summed E-state index contributed by atoms with van der Waals surface area (Å²) in [4.78, 5) is 26.8. The number of esters is 1. The maximum Gasteiger partial charge on any atom is 0.416 e. The van der Waals surface area contributed by atoms with Crippen molar-refractivity contribution in [2.45, 2.75) is 12.6 Å². The first-order chi connectivity index (χ1) is 13.1. The molecule has 0 saturated heterocycles. The molecule has 146 valence electrons. The second kappa shape index (κ2) is 7.20.